The van der Waals surface area contributed by atoms with E-state index >= 15 is 0 Å². The van der Waals surface area contributed by atoms with Crippen molar-refractivity contribution in [3.05, 3.63) is 35.6 Å². The highest BCUT2D eigenvalue weighted by Gasteiger charge is 2.36. The van der Waals surface area contributed by atoms with Crippen LogP contribution in [-0.2, 0) is 16.1 Å². The molecule has 1 fully saturated rings. The minimum Gasteiger partial charge on any atom is -0.468 e. The second-order valence-corrected chi connectivity index (χ2v) is 4.48. The van der Waals surface area contributed by atoms with E-state index in [2.05, 4.69) is 0 Å². The summed E-state index contributed by atoms with van der Waals surface area (Å²) >= 11 is 0. The highest BCUT2D eigenvalue weighted by Crippen LogP contribution is 2.21. The number of carbonyl (C=O) groups is 1. The topological polar surface area (TPSA) is 49.8 Å². The van der Waals surface area contributed by atoms with Gasteiger partial charge in [-0.15, -0.1) is 0 Å². The van der Waals surface area contributed by atoms with Crippen molar-refractivity contribution in [1.29, 1.82) is 0 Å². The Morgan fingerprint density at radius 1 is 1.50 bits per heavy atom. The smallest absolute Gasteiger partial charge is 0.323 e. The molecule has 1 heterocycles. The molecule has 18 heavy (non-hydrogen) atoms. The molecule has 0 bridgehead atoms. The molecule has 1 aromatic carbocycles. The Morgan fingerprint density at radius 3 is 2.78 bits per heavy atom. The number of methoxy groups -OCH3 is 1. The molecular weight excluding hydrogens is 237 g/mol. The third kappa shape index (κ3) is 2.86. The molecule has 0 saturated carbocycles. The van der Waals surface area contributed by atoms with E-state index in [4.69, 9.17) is 4.74 Å². The average Bonchev–Trinajstić information content (AvgIpc) is 2.72. The number of hydrogen-bond donors (Lipinski definition) is 1. The largest absolute Gasteiger partial charge is 0.468 e. The third-order valence-corrected chi connectivity index (χ3v) is 3.15. The Hall–Kier alpha value is -1.46. The highest BCUT2D eigenvalue weighted by molar-refractivity contribution is 5.76. The standard InChI is InChI=1S/C13H16FNO3/c1-18-13(17)12-6-11(16)8-15(12)7-9-2-4-10(14)5-3-9/h2-5,11-12,16H,6-8H2,1H3. The van der Waals surface area contributed by atoms with Crippen molar-refractivity contribution < 1.29 is 19.0 Å². The quantitative estimate of drug-likeness (QED) is 0.814. The van der Waals surface area contributed by atoms with Crippen LogP contribution in [0.1, 0.15) is 12.0 Å². The van der Waals surface area contributed by atoms with Crippen LogP contribution in [0.25, 0.3) is 0 Å². The van der Waals surface area contributed by atoms with E-state index in [1.807, 2.05) is 4.90 Å². The summed E-state index contributed by atoms with van der Waals surface area (Å²) in [5, 5.41) is 9.63. The molecule has 98 valence electrons. The summed E-state index contributed by atoms with van der Waals surface area (Å²) < 4.78 is 17.5. The lowest BCUT2D eigenvalue weighted by atomic mass is 10.1. The van der Waals surface area contributed by atoms with Crippen molar-refractivity contribution in [2.75, 3.05) is 13.7 Å². The number of ether oxygens (including phenoxy) is 1. The van der Waals surface area contributed by atoms with Crippen LogP contribution >= 0.6 is 0 Å². The normalized spacial score (nSPS) is 24.2. The van der Waals surface area contributed by atoms with Crippen molar-refractivity contribution >= 4 is 5.97 Å². The van der Waals surface area contributed by atoms with Gasteiger partial charge in [0.25, 0.3) is 0 Å². The molecule has 2 rings (SSSR count). The minimum absolute atomic E-state index is 0.287. The maximum absolute atomic E-state index is 12.8. The van der Waals surface area contributed by atoms with E-state index in [0.29, 0.717) is 19.5 Å². The fraction of sp³-hybridized carbons (Fsp3) is 0.462. The lowest BCUT2D eigenvalue weighted by molar-refractivity contribution is -0.146. The molecule has 1 aliphatic rings. The van der Waals surface area contributed by atoms with E-state index in [1.54, 1.807) is 12.1 Å². The van der Waals surface area contributed by atoms with Gasteiger partial charge in [0.05, 0.1) is 13.2 Å². The van der Waals surface area contributed by atoms with Crippen LogP contribution in [-0.4, -0.2) is 41.8 Å². The van der Waals surface area contributed by atoms with Crippen molar-refractivity contribution in [2.45, 2.75) is 25.1 Å². The van der Waals surface area contributed by atoms with Crippen molar-refractivity contribution in [3.63, 3.8) is 0 Å². The number of benzene rings is 1. The van der Waals surface area contributed by atoms with Crippen LogP contribution in [0.5, 0.6) is 0 Å². The summed E-state index contributed by atoms with van der Waals surface area (Å²) in [6, 6.07) is 5.70. The van der Waals surface area contributed by atoms with E-state index in [0.717, 1.165) is 5.56 Å². The van der Waals surface area contributed by atoms with E-state index < -0.39 is 12.1 Å². The van der Waals surface area contributed by atoms with Crippen molar-refractivity contribution in [2.24, 2.45) is 0 Å². The highest BCUT2D eigenvalue weighted by atomic mass is 19.1. The third-order valence-electron chi connectivity index (χ3n) is 3.15. The molecule has 5 heteroatoms. The zero-order chi connectivity index (χ0) is 13.1. The predicted molar refractivity (Wildman–Crippen MR) is 63.2 cm³/mol. The number of carbonyl (C=O) groups excluding carboxylic acids is 1. The van der Waals surface area contributed by atoms with Gasteiger partial charge in [0.1, 0.15) is 11.9 Å². The number of aliphatic hydroxyl groups is 1. The number of rotatable bonds is 3. The first-order valence-corrected chi connectivity index (χ1v) is 5.84. The fourth-order valence-corrected chi connectivity index (χ4v) is 2.26. The van der Waals surface area contributed by atoms with Gasteiger partial charge < -0.3 is 9.84 Å². The van der Waals surface area contributed by atoms with Gasteiger partial charge in [-0.05, 0) is 17.7 Å². The Balaban J connectivity index is 2.07. The second kappa shape index (κ2) is 5.46. The van der Waals surface area contributed by atoms with E-state index in [-0.39, 0.29) is 11.8 Å². The van der Waals surface area contributed by atoms with Crippen molar-refractivity contribution in [3.8, 4) is 0 Å². The molecule has 0 aliphatic carbocycles. The first-order valence-electron chi connectivity index (χ1n) is 5.84. The molecule has 2 atom stereocenters. The van der Waals surface area contributed by atoms with Gasteiger partial charge >= 0.3 is 5.97 Å². The molecule has 0 radical (unpaired) electrons. The predicted octanol–water partition coefficient (Wildman–Crippen LogP) is 0.934. The molecule has 1 saturated heterocycles. The zero-order valence-electron chi connectivity index (χ0n) is 10.2. The number of esters is 1. The summed E-state index contributed by atoms with van der Waals surface area (Å²) in [5.74, 6) is -0.626. The average molecular weight is 253 g/mol. The van der Waals surface area contributed by atoms with Crippen LogP contribution in [0.2, 0.25) is 0 Å². The first kappa shape index (κ1) is 13.0. The maximum atomic E-state index is 12.8. The number of halogens is 1. The first-order chi connectivity index (χ1) is 8.60. The number of aliphatic hydroxyl groups excluding tert-OH is 1. The summed E-state index contributed by atoms with van der Waals surface area (Å²) in [5.41, 5.74) is 0.902. The lowest BCUT2D eigenvalue weighted by Gasteiger charge is -2.21. The maximum Gasteiger partial charge on any atom is 0.323 e. The van der Waals surface area contributed by atoms with Gasteiger partial charge in [-0.1, -0.05) is 12.1 Å². The Labute approximate surface area is 105 Å². The molecule has 1 aromatic rings. The lowest BCUT2D eigenvalue weighted by Crippen LogP contribution is -2.36. The number of nitrogens with zero attached hydrogens (tertiary/aromatic N) is 1. The summed E-state index contributed by atoms with van der Waals surface area (Å²) in [4.78, 5) is 13.4. The van der Waals surface area contributed by atoms with Crippen LogP contribution in [0.15, 0.2) is 24.3 Å². The van der Waals surface area contributed by atoms with Gasteiger partial charge in [-0.2, -0.15) is 0 Å². The zero-order valence-corrected chi connectivity index (χ0v) is 10.2. The molecule has 0 amide bonds. The van der Waals surface area contributed by atoms with E-state index in [9.17, 15) is 14.3 Å². The molecule has 1 aliphatic heterocycles. The summed E-state index contributed by atoms with van der Waals surface area (Å²) in [7, 11) is 1.34. The SMILES string of the molecule is COC(=O)C1CC(O)CN1Cc1ccc(F)cc1. The van der Waals surface area contributed by atoms with Gasteiger partial charge in [0.15, 0.2) is 0 Å². The van der Waals surface area contributed by atoms with Gasteiger partial charge in [-0.25, -0.2) is 4.39 Å². The van der Waals surface area contributed by atoms with Crippen LogP contribution in [0, 0.1) is 5.82 Å². The molecular formula is C13H16FNO3. The monoisotopic (exact) mass is 253 g/mol. The summed E-state index contributed by atoms with van der Waals surface area (Å²) in [6.07, 6.45) is -0.136. The Bertz CT molecular complexity index is 421. The Morgan fingerprint density at radius 2 is 2.17 bits per heavy atom. The molecule has 2 unspecified atom stereocenters. The number of β-amino-alcohol motifs (C(OH)–C–C–N with tert-alkyl or cyclic N) is 1. The van der Waals surface area contributed by atoms with Crippen molar-refractivity contribution in [1.82, 2.24) is 4.90 Å². The molecule has 0 aromatic heterocycles. The molecule has 1 N–H and O–H groups in total. The molecule has 0 spiro atoms. The van der Waals surface area contributed by atoms with Gasteiger partial charge in [0, 0.05) is 19.5 Å². The van der Waals surface area contributed by atoms with E-state index in [1.165, 1.54) is 19.2 Å². The van der Waals surface area contributed by atoms with Gasteiger partial charge in [0.2, 0.25) is 0 Å². The minimum atomic E-state index is -0.519. The Kier molecular flexibility index (Phi) is 3.93. The van der Waals surface area contributed by atoms with Crippen LogP contribution < -0.4 is 0 Å². The fourth-order valence-electron chi connectivity index (χ4n) is 2.26. The van der Waals surface area contributed by atoms with Gasteiger partial charge in [-0.3, -0.25) is 9.69 Å². The number of likely N-dealkylation sites (tertiary alicyclic amines) is 1. The number of hydrogen-bond acceptors (Lipinski definition) is 4. The summed E-state index contributed by atoms with van der Waals surface area (Å²) in [6.45, 7) is 0.925. The molecule has 4 nitrogen and oxygen atoms in total. The van der Waals surface area contributed by atoms with Crippen LogP contribution in [0.3, 0.4) is 0 Å². The second-order valence-electron chi connectivity index (χ2n) is 4.48. The van der Waals surface area contributed by atoms with Crippen LogP contribution in [0.4, 0.5) is 4.39 Å².